The van der Waals surface area contributed by atoms with Crippen molar-refractivity contribution in [1.29, 1.82) is 0 Å². The molecule has 1 spiro atoms. The van der Waals surface area contributed by atoms with Crippen LogP contribution in [0.3, 0.4) is 0 Å². The molecule has 17 heavy (non-hydrogen) atoms. The average molecular weight is 303 g/mol. The van der Waals surface area contributed by atoms with E-state index in [1.165, 1.54) is 11.3 Å². The van der Waals surface area contributed by atoms with Crippen molar-refractivity contribution in [2.45, 2.75) is 44.6 Å². The monoisotopic (exact) mass is 302 g/mol. The molecule has 5 heteroatoms. The molecule has 0 bridgehead atoms. The molecule has 0 aromatic carbocycles. The summed E-state index contributed by atoms with van der Waals surface area (Å²) < 4.78 is 0. The van der Waals surface area contributed by atoms with Crippen LogP contribution in [0, 0.1) is 5.92 Å². The van der Waals surface area contributed by atoms with Gasteiger partial charge in [0.2, 0.25) is 0 Å². The van der Waals surface area contributed by atoms with E-state index in [4.69, 9.17) is 0 Å². The van der Waals surface area contributed by atoms with Crippen molar-refractivity contribution in [3.63, 3.8) is 0 Å². The fourth-order valence-electron chi connectivity index (χ4n) is 2.70. The lowest BCUT2D eigenvalue weighted by atomic mass is 9.81. The van der Waals surface area contributed by atoms with E-state index in [-0.39, 0.29) is 11.9 Å². The van der Waals surface area contributed by atoms with Gasteiger partial charge in [0.05, 0.1) is 0 Å². The molecular weight excluding hydrogens is 284 g/mol. The summed E-state index contributed by atoms with van der Waals surface area (Å²) in [6.07, 6.45) is 4.85. The Morgan fingerprint density at radius 2 is 2.00 bits per heavy atom. The zero-order valence-corrected chi connectivity index (χ0v) is 11.8. The molecule has 1 N–H and O–H groups in total. The summed E-state index contributed by atoms with van der Waals surface area (Å²) in [6.45, 7) is 2.54. The van der Waals surface area contributed by atoms with Crippen LogP contribution in [-0.2, 0) is 4.79 Å². The van der Waals surface area contributed by atoms with Gasteiger partial charge in [0.15, 0.2) is 0 Å². The summed E-state index contributed by atoms with van der Waals surface area (Å²) in [5.41, 5.74) is -0.568. The lowest BCUT2D eigenvalue weighted by molar-refractivity contribution is -0.132. The molecule has 3 amide bonds. The number of halogens is 1. The third-order valence-corrected chi connectivity index (χ3v) is 4.82. The molecule has 1 unspecified atom stereocenters. The van der Waals surface area contributed by atoms with E-state index in [0.29, 0.717) is 12.5 Å². The van der Waals surface area contributed by atoms with Crippen LogP contribution in [0.4, 0.5) is 4.79 Å². The van der Waals surface area contributed by atoms with Gasteiger partial charge >= 0.3 is 6.03 Å². The molecule has 96 valence electrons. The maximum Gasteiger partial charge on any atom is 0.325 e. The molecule has 1 aliphatic carbocycles. The highest BCUT2D eigenvalue weighted by molar-refractivity contribution is 9.09. The maximum absolute atomic E-state index is 12.4. The smallest absolute Gasteiger partial charge is 0.323 e. The van der Waals surface area contributed by atoms with Gasteiger partial charge in [0, 0.05) is 11.9 Å². The van der Waals surface area contributed by atoms with Crippen molar-refractivity contribution in [1.82, 2.24) is 10.2 Å². The van der Waals surface area contributed by atoms with Crippen molar-refractivity contribution in [3.8, 4) is 0 Å². The molecule has 2 rings (SSSR count). The standard InChI is InChI=1S/C12H19BrN2O2/c1-9(7-13)8-15-10(16)12(14-11(15)17)5-3-2-4-6-12/h9H,2-8H2,1H3,(H,14,17). The second-order valence-electron chi connectivity index (χ2n) is 5.25. The fourth-order valence-corrected chi connectivity index (χ4v) is 2.90. The Kier molecular flexibility index (Phi) is 3.76. The first kappa shape index (κ1) is 12.9. The minimum absolute atomic E-state index is 0.00463. The molecule has 1 saturated heterocycles. The van der Waals surface area contributed by atoms with E-state index in [1.54, 1.807) is 0 Å². The van der Waals surface area contributed by atoms with E-state index < -0.39 is 5.54 Å². The van der Waals surface area contributed by atoms with Crippen molar-refractivity contribution in [2.24, 2.45) is 5.92 Å². The lowest BCUT2D eigenvalue weighted by Gasteiger charge is -2.30. The van der Waals surface area contributed by atoms with E-state index in [1.807, 2.05) is 6.92 Å². The SMILES string of the molecule is CC(CBr)CN1C(=O)NC2(CCCCC2)C1=O. The third-order valence-electron chi connectivity index (χ3n) is 3.71. The van der Waals surface area contributed by atoms with Gasteiger partial charge in [-0.1, -0.05) is 42.1 Å². The predicted molar refractivity (Wildman–Crippen MR) is 69.0 cm³/mol. The molecule has 2 fully saturated rings. The molecular formula is C12H19BrN2O2. The van der Waals surface area contributed by atoms with Gasteiger partial charge < -0.3 is 5.32 Å². The summed E-state index contributed by atoms with van der Waals surface area (Å²) in [6, 6.07) is -0.204. The van der Waals surface area contributed by atoms with E-state index in [9.17, 15) is 9.59 Å². The molecule has 2 aliphatic rings. The number of amides is 3. The molecule has 1 aliphatic heterocycles. The molecule has 0 aromatic rings. The largest absolute Gasteiger partial charge is 0.325 e. The van der Waals surface area contributed by atoms with Gasteiger partial charge in [-0.05, 0) is 18.8 Å². The predicted octanol–water partition coefficient (Wildman–Crippen LogP) is 2.27. The van der Waals surface area contributed by atoms with Crippen molar-refractivity contribution in [3.05, 3.63) is 0 Å². The lowest BCUT2D eigenvalue weighted by Crippen LogP contribution is -2.48. The topological polar surface area (TPSA) is 49.4 Å². The molecule has 0 radical (unpaired) electrons. The Morgan fingerprint density at radius 1 is 1.35 bits per heavy atom. The summed E-state index contributed by atoms with van der Waals surface area (Å²) in [4.78, 5) is 25.7. The zero-order valence-electron chi connectivity index (χ0n) is 10.2. The van der Waals surface area contributed by atoms with Crippen LogP contribution < -0.4 is 5.32 Å². The summed E-state index contributed by atoms with van der Waals surface area (Å²) >= 11 is 3.38. The molecule has 4 nitrogen and oxygen atoms in total. The molecule has 1 saturated carbocycles. The number of carbonyl (C=O) groups is 2. The highest BCUT2D eigenvalue weighted by atomic mass is 79.9. The van der Waals surface area contributed by atoms with Crippen LogP contribution in [0.5, 0.6) is 0 Å². The minimum Gasteiger partial charge on any atom is -0.323 e. The van der Waals surface area contributed by atoms with Crippen molar-refractivity contribution in [2.75, 3.05) is 11.9 Å². The Labute approximate surface area is 110 Å². The average Bonchev–Trinajstić information content (AvgIpc) is 2.55. The number of nitrogens with one attached hydrogen (secondary N) is 1. The van der Waals surface area contributed by atoms with Crippen LogP contribution in [0.15, 0.2) is 0 Å². The highest BCUT2D eigenvalue weighted by Crippen LogP contribution is 2.33. The first-order valence-electron chi connectivity index (χ1n) is 6.29. The number of urea groups is 1. The number of alkyl halides is 1. The van der Waals surface area contributed by atoms with Gasteiger partial charge in [-0.15, -0.1) is 0 Å². The molecule has 1 heterocycles. The summed E-state index contributed by atoms with van der Waals surface area (Å²) in [7, 11) is 0. The Balaban J connectivity index is 2.10. The van der Waals surface area contributed by atoms with Crippen molar-refractivity contribution < 1.29 is 9.59 Å². The number of nitrogens with zero attached hydrogens (tertiary/aromatic N) is 1. The molecule has 0 aromatic heterocycles. The normalized spacial score (nSPS) is 25.2. The van der Waals surface area contributed by atoms with Gasteiger partial charge in [-0.3, -0.25) is 9.69 Å². The van der Waals surface area contributed by atoms with Crippen LogP contribution in [0.2, 0.25) is 0 Å². The first-order valence-corrected chi connectivity index (χ1v) is 7.41. The van der Waals surface area contributed by atoms with Gasteiger partial charge in [-0.25, -0.2) is 4.79 Å². The third kappa shape index (κ3) is 2.34. The highest BCUT2D eigenvalue weighted by Gasteiger charge is 2.51. The van der Waals surface area contributed by atoms with Crippen LogP contribution >= 0.6 is 15.9 Å². The number of rotatable bonds is 3. The second-order valence-corrected chi connectivity index (χ2v) is 5.90. The van der Waals surface area contributed by atoms with Gasteiger partial charge in [0.25, 0.3) is 5.91 Å². The number of hydrogen-bond acceptors (Lipinski definition) is 2. The van der Waals surface area contributed by atoms with Gasteiger partial charge in [-0.2, -0.15) is 0 Å². The zero-order chi connectivity index (χ0) is 12.5. The second kappa shape index (κ2) is 4.96. The quantitative estimate of drug-likeness (QED) is 0.642. The number of imide groups is 1. The van der Waals surface area contributed by atoms with Gasteiger partial charge in [0.1, 0.15) is 5.54 Å². The van der Waals surface area contributed by atoms with Crippen molar-refractivity contribution >= 4 is 27.9 Å². The summed E-state index contributed by atoms with van der Waals surface area (Å²) in [5.74, 6) is 0.290. The number of carbonyl (C=O) groups excluding carboxylic acids is 2. The van der Waals surface area contributed by atoms with E-state index in [2.05, 4.69) is 21.2 Å². The minimum atomic E-state index is -0.568. The fraction of sp³-hybridized carbons (Fsp3) is 0.833. The Hall–Kier alpha value is -0.580. The summed E-state index contributed by atoms with van der Waals surface area (Å²) in [5, 5.41) is 3.72. The Morgan fingerprint density at radius 3 is 2.59 bits per heavy atom. The van der Waals surface area contributed by atoms with E-state index in [0.717, 1.165) is 31.0 Å². The maximum atomic E-state index is 12.4. The molecule has 1 atom stereocenters. The van der Waals surface area contributed by atoms with Crippen LogP contribution in [-0.4, -0.2) is 34.3 Å². The Bertz CT molecular complexity index is 326. The van der Waals surface area contributed by atoms with Crippen LogP contribution in [0.1, 0.15) is 39.0 Å². The van der Waals surface area contributed by atoms with Crippen LogP contribution in [0.25, 0.3) is 0 Å². The van der Waals surface area contributed by atoms with E-state index >= 15 is 0 Å². The number of hydrogen-bond donors (Lipinski definition) is 1. The first-order chi connectivity index (χ1) is 8.09.